The zero-order valence-electron chi connectivity index (χ0n) is 12.9. The lowest BCUT2D eigenvalue weighted by molar-refractivity contribution is 0.0687. The molecule has 2 heterocycles. The zero-order valence-corrected chi connectivity index (χ0v) is 12.9. The summed E-state index contributed by atoms with van der Waals surface area (Å²) in [6.07, 6.45) is 2.71. The molecule has 4 aromatic rings. The maximum atomic E-state index is 11.3. The lowest BCUT2D eigenvalue weighted by Gasteiger charge is -2.11. The quantitative estimate of drug-likeness (QED) is 0.616. The number of carboxylic acids is 1. The van der Waals surface area contributed by atoms with E-state index in [9.17, 15) is 9.90 Å². The highest BCUT2D eigenvalue weighted by Crippen LogP contribution is 2.33. The first kappa shape index (κ1) is 14.8. The van der Waals surface area contributed by atoms with Crippen molar-refractivity contribution in [3.63, 3.8) is 0 Å². The van der Waals surface area contributed by atoms with E-state index >= 15 is 0 Å². The first-order chi connectivity index (χ1) is 12.2. The number of nitrogens with zero attached hydrogens (tertiary/aromatic N) is 4. The van der Waals surface area contributed by atoms with E-state index in [2.05, 4.69) is 15.5 Å². The number of benzene rings is 2. The lowest BCUT2D eigenvalue weighted by Crippen LogP contribution is -2.08. The molecular weight excluding hydrogens is 320 g/mol. The standard InChI is InChI=1S/C18H12N4O3/c23-18(24)17-11-19-21-22(17)13-6-7-14(12-4-2-1-3-5-12)15(10-13)16-8-9-25-20-16/h1-11H,(H,23,24). The van der Waals surface area contributed by atoms with Crippen molar-refractivity contribution >= 4 is 5.97 Å². The first-order valence-electron chi connectivity index (χ1n) is 7.48. The zero-order chi connectivity index (χ0) is 17.2. The van der Waals surface area contributed by atoms with Gasteiger partial charge in [0.05, 0.1) is 11.9 Å². The molecule has 4 rings (SSSR count). The Morgan fingerprint density at radius 3 is 2.60 bits per heavy atom. The minimum Gasteiger partial charge on any atom is -0.476 e. The molecule has 122 valence electrons. The highest BCUT2D eigenvalue weighted by atomic mass is 16.5. The number of aromatic carboxylic acids is 1. The Kier molecular flexibility index (Phi) is 3.59. The largest absolute Gasteiger partial charge is 0.476 e. The molecule has 0 radical (unpaired) electrons. The summed E-state index contributed by atoms with van der Waals surface area (Å²) in [5.41, 5.74) is 3.99. The van der Waals surface area contributed by atoms with E-state index in [4.69, 9.17) is 4.52 Å². The summed E-state index contributed by atoms with van der Waals surface area (Å²) in [4.78, 5) is 11.3. The second kappa shape index (κ2) is 6.04. The van der Waals surface area contributed by atoms with Crippen molar-refractivity contribution in [3.05, 3.63) is 72.8 Å². The van der Waals surface area contributed by atoms with Crippen LogP contribution in [0.25, 0.3) is 28.1 Å². The summed E-state index contributed by atoms with van der Waals surface area (Å²) in [6.45, 7) is 0. The van der Waals surface area contributed by atoms with Crippen molar-refractivity contribution in [3.8, 4) is 28.1 Å². The Morgan fingerprint density at radius 2 is 1.88 bits per heavy atom. The third-order valence-corrected chi connectivity index (χ3v) is 3.81. The van der Waals surface area contributed by atoms with Gasteiger partial charge < -0.3 is 9.63 Å². The SMILES string of the molecule is O=C(O)c1cnnn1-c1ccc(-c2ccccc2)c(-c2ccon2)c1. The first-order valence-corrected chi connectivity index (χ1v) is 7.48. The molecule has 1 N–H and O–H groups in total. The maximum absolute atomic E-state index is 11.3. The van der Waals surface area contributed by atoms with Gasteiger partial charge in [0.2, 0.25) is 0 Å². The van der Waals surface area contributed by atoms with Gasteiger partial charge >= 0.3 is 5.97 Å². The van der Waals surface area contributed by atoms with Crippen molar-refractivity contribution in [1.82, 2.24) is 20.2 Å². The Morgan fingerprint density at radius 1 is 1.04 bits per heavy atom. The second-order valence-electron chi connectivity index (χ2n) is 5.32. The van der Waals surface area contributed by atoms with Crippen LogP contribution < -0.4 is 0 Å². The molecule has 2 aromatic carbocycles. The van der Waals surface area contributed by atoms with E-state index in [-0.39, 0.29) is 5.69 Å². The number of hydrogen-bond donors (Lipinski definition) is 1. The number of carboxylic acid groups (broad SMARTS) is 1. The van der Waals surface area contributed by atoms with Crippen LogP contribution in [-0.2, 0) is 0 Å². The van der Waals surface area contributed by atoms with Crippen LogP contribution in [0.15, 0.2) is 71.6 Å². The van der Waals surface area contributed by atoms with Gasteiger partial charge in [-0.05, 0) is 23.3 Å². The number of hydrogen-bond acceptors (Lipinski definition) is 5. The summed E-state index contributed by atoms with van der Waals surface area (Å²) in [6, 6.07) is 17.1. The molecule has 0 unspecified atom stereocenters. The molecule has 0 amide bonds. The Hall–Kier alpha value is -3.74. The van der Waals surface area contributed by atoms with E-state index in [0.717, 1.165) is 16.7 Å². The molecular formula is C18H12N4O3. The topological polar surface area (TPSA) is 94.0 Å². The van der Waals surface area contributed by atoms with E-state index < -0.39 is 5.97 Å². The van der Waals surface area contributed by atoms with Crippen molar-refractivity contribution in [1.29, 1.82) is 0 Å². The summed E-state index contributed by atoms with van der Waals surface area (Å²) >= 11 is 0. The second-order valence-corrected chi connectivity index (χ2v) is 5.32. The molecule has 0 aliphatic carbocycles. The Bertz CT molecular complexity index is 1020. The molecule has 0 saturated heterocycles. The molecule has 0 spiro atoms. The average Bonchev–Trinajstić information content (AvgIpc) is 3.34. The molecule has 2 aromatic heterocycles. The fraction of sp³-hybridized carbons (Fsp3) is 0. The molecule has 0 bridgehead atoms. The van der Waals surface area contributed by atoms with E-state index in [0.29, 0.717) is 11.4 Å². The van der Waals surface area contributed by atoms with Crippen LogP contribution in [0, 0.1) is 0 Å². The molecule has 0 aliphatic heterocycles. The summed E-state index contributed by atoms with van der Waals surface area (Å²) in [7, 11) is 0. The lowest BCUT2D eigenvalue weighted by atomic mass is 9.97. The predicted molar refractivity (Wildman–Crippen MR) is 89.3 cm³/mol. The van der Waals surface area contributed by atoms with E-state index in [1.165, 1.54) is 17.1 Å². The molecule has 7 heteroatoms. The number of rotatable bonds is 4. The van der Waals surface area contributed by atoms with Crippen LogP contribution in [0.2, 0.25) is 0 Å². The van der Waals surface area contributed by atoms with Gasteiger partial charge in [0.15, 0.2) is 5.69 Å². The van der Waals surface area contributed by atoms with Crippen LogP contribution in [0.5, 0.6) is 0 Å². The number of aromatic nitrogens is 4. The minimum atomic E-state index is -1.10. The summed E-state index contributed by atoms with van der Waals surface area (Å²) < 4.78 is 6.25. The third-order valence-electron chi connectivity index (χ3n) is 3.81. The fourth-order valence-corrected chi connectivity index (χ4v) is 2.67. The molecule has 25 heavy (non-hydrogen) atoms. The summed E-state index contributed by atoms with van der Waals surface area (Å²) in [5.74, 6) is -1.10. The van der Waals surface area contributed by atoms with Crippen LogP contribution in [0.4, 0.5) is 0 Å². The van der Waals surface area contributed by atoms with Gasteiger partial charge in [-0.1, -0.05) is 46.8 Å². The van der Waals surface area contributed by atoms with Crippen LogP contribution in [-0.4, -0.2) is 31.2 Å². The van der Waals surface area contributed by atoms with Gasteiger partial charge in [0, 0.05) is 11.6 Å². The summed E-state index contributed by atoms with van der Waals surface area (Å²) in [5, 5.41) is 20.9. The minimum absolute atomic E-state index is 0.0152. The van der Waals surface area contributed by atoms with Crippen LogP contribution >= 0.6 is 0 Å². The number of carbonyl (C=O) groups is 1. The Balaban J connectivity index is 1.92. The van der Waals surface area contributed by atoms with Gasteiger partial charge in [-0.2, -0.15) is 0 Å². The van der Waals surface area contributed by atoms with Crippen molar-refractivity contribution in [2.45, 2.75) is 0 Å². The normalized spacial score (nSPS) is 10.7. The average molecular weight is 332 g/mol. The molecule has 0 aliphatic rings. The van der Waals surface area contributed by atoms with Crippen LogP contribution in [0.3, 0.4) is 0 Å². The smallest absolute Gasteiger partial charge is 0.356 e. The third kappa shape index (κ3) is 2.67. The van der Waals surface area contributed by atoms with E-state index in [1.807, 2.05) is 42.5 Å². The predicted octanol–water partition coefficient (Wildman–Crippen LogP) is 3.29. The monoisotopic (exact) mass is 332 g/mol. The van der Waals surface area contributed by atoms with Crippen molar-refractivity contribution in [2.75, 3.05) is 0 Å². The van der Waals surface area contributed by atoms with Crippen molar-refractivity contribution in [2.24, 2.45) is 0 Å². The van der Waals surface area contributed by atoms with Crippen LogP contribution in [0.1, 0.15) is 10.5 Å². The highest BCUT2D eigenvalue weighted by molar-refractivity contribution is 5.87. The molecule has 0 fully saturated rings. The molecule has 0 atom stereocenters. The fourth-order valence-electron chi connectivity index (χ4n) is 2.67. The van der Waals surface area contributed by atoms with Gasteiger partial charge in [-0.15, -0.1) is 5.10 Å². The van der Waals surface area contributed by atoms with E-state index in [1.54, 1.807) is 12.1 Å². The molecule has 0 saturated carbocycles. The van der Waals surface area contributed by atoms with Gasteiger partial charge in [0.25, 0.3) is 0 Å². The highest BCUT2D eigenvalue weighted by Gasteiger charge is 2.16. The molecule has 7 nitrogen and oxygen atoms in total. The Labute approximate surface area is 142 Å². The maximum Gasteiger partial charge on any atom is 0.356 e. The van der Waals surface area contributed by atoms with Gasteiger partial charge in [0.1, 0.15) is 12.0 Å². The van der Waals surface area contributed by atoms with Gasteiger partial charge in [-0.25, -0.2) is 9.48 Å². The van der Waals surface area contributed by atoms with Crippen molar-refractivity contribution < 1.29 is 14.4 Å². The van der Waals surface area contributed by atoms with Gasteiger partial charge in [-0.3, -0.25) is 0 Å².